The van der Waals surface area contributed by atoms with Crippen LogP contribution in [0.2, 0.25) is 6.32 Å². The lowest BCUT2D eigenvalue weighted by Gasteiger charge is -2.25. The number of benzene rings is 3. The molecule has 2 heterocycles. The summed E-state index contributed by atoms with van der Waals surface area (Å²) in [4.78, 5) is 2.41. The van der Waals surface area contributed by atoms with E-state index >= 15 is 4.39 Å². The summed E-state index contributed by atoms with van der Waals surface area (Å²) in [6.07, 6.45) is 0.788. The van der Waals surface area contributed by atoms with Crippen LogP contribution >= 0.6 is 0 Å². The summed E-state index contributed by atoms with van der Waals surface area (Å²) in [5.41, 5.74) is 12.2. The van der Waals surface area contributed by atoms with E-state index in [1.54, 1.807) is 0 Å². The summed E-state index contributed by atoms with van der Waals surface area (Å²) in [5, 5.41) is 1.03. The number of nitrogens with two attached hydrogens (primary N) is 2. The van der Waals surface area contributed by atoms with E-state index in [0.717, 1.165) is 37.3 Å². The summed E-state index contributed by atoms with van der Waals surface area (Å²) in [7, 11) is 2.16. The molecule has 2 aliphatic heterocycles. The Morgan fingerprint density at radius 1 is 1.18 bits per heavy atom. The molecule has 0 aromatic heterocycles. The maximum Gasteiger partial charge on any atom is 0.151 e. The molecule has 1 unspecified atom stereocenters. The third-order valence-corrected chi connectivity index (χ3v) is 7.19. The van der Waals surface area contributed by atoms with E-state index in [9.17, 15) is 0 Å². The molecule has 0 spiro atoms. The van der Waals surface area contributed by atoms with E-state index in [1.165, 1.54) is 21.7 Å². The van der Waals surface area contributed by atoms with Gasteiger partial charge in [0.05, 0.1) is 11.4 Å². The van der Waals surface area contributed by atoms with E-state index in [2.05, 4.69) is 49.4 Å². The molecule has 1 fully saturated rings. The SMILES string of the molecule is CCN(N)c1ccc(C2(c3ccc(C)c(CN4CCOc5ccccc5C4)c3)[B]C2)c(F)c1N. The van der Waals surface area contributed by atoms with Gasteiger partial charge >= 0.3 is 0 Å². The molecule has 5 nitrogen and oxygen atoms in total. The van der Waals surface area contributed by atoms with Crippen molar-refractivity contribution in [2.75, 3.05) is 30.4 Å². The molecule has 0 aliphatic carbocycles. The Kier molecular flexibility index (Phi) is 6.00. The van der Waals surface area contributed by atoms with E-state index in [1.807, 2.05) is 31.2 Å². The first-order valence-electron chi connectivity index (χ1n) is 11.9. The Bertz CT molecular complexity index is 1210. The van der Waals surface area contributed by atoms with Gasteiger partial charge in [0.25, 0.3) is 0 Å². The fourth-order valence-corrected chi connectivity index (χ4v) is 4.94. The molecular formula is C27H31BFN4O. The van der Waals surface area contributed by atoms with Crippen molar-refractivity contribution in [2.45, 2.75) is 38.6 Å². The van der Waals surface area contributed by atoms with Crippen molar-refractivity contribution in [1.82, 2.24) is 4.90 Å². The molecule has 1 radical (unpaired) electrons. The normalized spacial score (nSPS) is 19.5. The second kappa shape index (κ2) is 8.97. The zero-order valence-electron chi connectivity index (χ0n) is 19.9. The molecular weight excluding hydrogens is 426 g/mol. The summed E-state index contributed by atoms with van der Waals surface area (Å²) in [6, 6.07) is 18.4. The quantitative estimate of drug-likeness (QED) is 0.252. The minimum Gasteiger partial charge on any atom is -0.492 e. The highest BCUT2D eigenvalue weighted by Gasteiger charge is 2.49. The molecule has 0 bridgehead atoms. The van der Waals surface area contributed by atoms with E-state index in [4.69, 9.17) is 16.3 Å². The molecule has 2 aliphatic rings. The monoisotopic (exact) mass is 457 g/mol. The number of hydrazine groups is 1. The second-order valence-electron chi connectivity index (χ2n) is 9.33. The molecule has 34 heavy (non-hydrogen) atoms. The van der Waals surface area contributed by atoms with Gasteiger partial charge in [-0.15, -0.1) is 0 Å². The minimum absolute atomic E-state index is 0.108. The number of rotatable bonds is 6. The first kappa shape index (κ1) is 22.8. The number of hydrogen-bond donors (Lipinski definition) is 2. The van der Waals surface area contributed by atoms with Gasteiger partial charge in [0.1, 0.15) is 19.6 Å². The average molecular weight is 457 g/mol. The number of aryl methyl sites for hydroxylation is 1. The van der Waals surface area contributed by atoms with Gasteiger partial charge in [-0.2, -0.15) is 0 Å². The van der Waals surface area contributed by atoms with Crippen molar-refractivity contribution < 1.29 is 9.13 Å². The number of halogens is 1. The van der Waals surface area contributed by atoms with Gasteiger partial charge in [-0.05, 0) is 53.5 Å². The largest absolute Gasteiger partial charge is 0.492 e. The third-order valence-electron chi connectivity index (χ3n) is 7.19. The number of hydrogen-bond acceptors (Lipinski definition) is 5. The van der Waals surface area contributed by atoms with Gasteiger partial charge in [0.2, 0.25) is 0 Å². The fraction of sp³-hybridized carbons (Fsp3) is 0.333. The summed E-state index contributed by atoms with van der Waals surface area (Å²) in [6.45, 7) is 7.78. The van der Waals surface area contributed by atoms with Crippen molar-refractivity contribution in [1.29, 1.82) is 0 Å². The molecule has 1 atom stereocenters. The van der Waals surface area contributed by atoms with Gasteiger partial charge in [-0.3, -0.25) is 4.90 Å². The smallest absolute Gasteiger partial charge is 0.151 e. The van der Waals surface area contributed by atoms with Gasteiger partial charge in [-0.25, -0.2) is 10.2 Å². The van der Waals surface area contributed by atoms with E-state index < -0.39 is 5.31 Å². The Hall–Kier alpha value is -3.03. The summed E-state index contributed by atoms with van der Waals surface area (Å²) < 4.78 is 21.4. The maximum absolute atomic E-state index is 15.5. The molecule has 3 aromatic carbocycles. The van der Waals surface area contributed by atoms with E-state index in [0.29, 0.717) is 24.4 Å². The number of ether oxygens (including phenoxy) is 1. The van der Waals surface area contributed by atoms with Crippen LogP contribution in [-0.4, -0.2) is 31.9 Å². The minimum atomic E-state index is -0.445. The van der Waals surface area contributed by atoms with Crippen molar-refractivity contribution in [3.63, 3.8) is 0 Å². The zero-order valence-corrected chi connectivity index (χ0v) is 19.9. The van der Waals surface area contributed by atoms with Crippen LogP contribution in [0.15, 0.2) is 54.6 Å². The first-order chi connectivity index (χ1) is 16.4. The molecule has 4 N–H and O–H groups in total. The Morgan fingerprint density at radius 2 is 1.97 bits per heavy atom. The Balaban J connectivity index is 1.44. The molecule has 1 saturated heterocycles. The predicted molar refractivity (Wildman–Crippen MR) is 137 cm³/mol. The highest BCUT2D eigenvalue weighted by atomic mass is 19.1. The zero-order chi connectivity index (χ0) is 23.9. The van der Waals surface area contributed by atoms with Crippen molar-refractivity contribution in [2.24, 2.45) is 5.84 Å². The van der Waals surface area contributed by atoms with Crippen LogP contribution in [0.5, 0.6) is 5.75 Å². The van der Waals surface area contributed by atoms with Crippen LogP contribution in [-0.2, 0) is 18.4 Å². The molecule has 7 heteroatoms. The first-order valence-corrected chi connectivity index (χ1v) is 11.9. The van der Waals surface area contributed by atoms with Crippen molar-refractivity contribution in [3.8, 4) is 5.75 Å². The summed E-state index contributed by atoms with van der Waals surface area (Å²) >= 11 is 0. The second-order valence-corrected chi connectivity index (χ2v) is 9.33. The van der Waals surface area contributed by atoms with Crippen LogP contribution in [0.1, 0.15) is 34.7 Å². The van der Waals surface area contributed by atoms with Crippen LogP contribution in [0.25, 0.3) is 0 Å². The van der Waals surface area contributed by atoms with E-state index in [-0.39, 0.29) is 11.5 Å². The topological polar surface area (TPSA) is 67.8 Å². The Labute approximate surface area is 201 Å². The van der Waals surface area contributed by atoms with Crippen molar-refractivity contribution >= 4 is 18.7 Å². The van der Waals surface area contributed by atoms with Gasteiger partial charge in [-0.1, -0.05) is 48.8 Å². The number of fused-ring (bicyclic) bond motifs is 1. The van der Waals surface area contributed by atoms with Gasteiger partial charge < -0.3 is 15.5 Å². The van der Waals surface area contributed by atoms with Crippen LogP contribution in [0.3, 0.4) is 0 Å². The van der Waals surface area contributed by atoms with Gasteiger partial charge in [0, 0.05) is 31.7 Å². The standard InChI is InChI=1S/C27H31BFN4O/c1-3-33(31)23-11-10-22(25(29)26(23)30)27(17-28-27)21-9-8-18(2)20(14-21)16-32-12-13-34-24-7-5-4-6-19(24)15-32/h4-11,14H,3,12-13,15-17,30-31H2,1-2H3. The molecule has 3 aromatic rings. The fourth-order valence-electron chi connectivity index (χ4n) is 4.94. The number of nitrogens with zero attached hydrogens (tertiary/aromatic N) is 2. The predicted octanol–water partition coefficient (Wildman–Crippen LogP) is 4.19. The number of nitrogen functional groups attached to an aromatic ring is 1. The Morgan fingerprint density at radius 3 is 2.74 bits per heavy atom. The lowest BCUT2D eigenvalue weighted by molar-refractivity contribution is 0.219. The molecule has 0 saturated carbocycles. The van der Waals surface area contributed by atoms with Crippen molar-refractivity contribution in [3.05, 3.63) is 88.2 Å². The average Bonchev–Trinajstić information content (AvgIpc) is 3.66. The molecule has 0 amide bonds. The maximum atomic E-state index is 15.5. The lowest BCUT2D eigenvalue weighted by Crippen LogP contribution is -2.31. The number of anilines is 2. The highest BCUT2D eigenvalue weighted by Crippen LogP contribution is 2.50. The third kappa shape index (κ3) is 4.03. The van der Waals surface area contributed by atoms with Crippen LogP contribution in [0.4, 0.5) is 15.8 Å². The van der Waals surface area contributed by atoms with Crippen LogP contribution in [0, 0.1) is 12.7 Å². The van der Waals surface area contributed by atoms with Gasteiger partial charge in [0.15, 0.2) is 5.82 Å². The molecule has 175 valence electrons. The number of para-hydroxylation sites is 1. The summed E-state index contributed by atoms with van der Waals surface area (Å²) in [5.74, 6) is 6.58. The highest BCUT2D eigenvalue weighted by molar-refractivity contribution is 6.55. The van der Waals surface area contributed by atoms with Crippen LogP contribution < -0.4 is 21.3 Å². The molecule has 5 rings (SSSR count). The lowest BCUT2D eigenvalue weighted by atomic mass is 9.74.